The number of carbonyl (C=O) groups excluding carboxylic acids is 2. The van der Waals surface area contributed by atoms with Crippen molar-refractivity contribution >= 4 is 11.8 Å². The first-order chi connectivity index (χ1) is 10.2. The fraction of sp³-hybridized carbons (Fsp3) is 0.875. The molecule has 2 rings (SSSR count). The number of morpholine rings is 1. The maximum atomic E-state index is 12.8. The Morgan fingerprint density at radius 2 is 2.00 bits per heavy atom. The third kappa shape index (κ3) is 3.98. The summed E-state index contributed by atoms with van der Waals surface area (Å²) in [5, 5.41) is 0. The van der Waals surface area contributed by atoms with Gasteiger partial charge in [-0.1, -0.05) is 0 Å². The summed E-state index contributed by atoms with van der Waals surface area (Å²) in [5.41, 5.74) is 5.15. The minimum atomic E-state index is -0.300. The van der Waals surface area contributed by atoms with Crippen molar-refractivity contribution in [1.82, 2.24) is 9.80 Å². The predicted octanol–water partition coefficient (Wildman–Crippen LogP) is 0.598. The highest BCUT2D eigenvalue weighted by atomic mass is 16.5. The number of hydrogen-bond donors (Lipinski definition) is 1. The monoisotopic (exact) mass is 311 g/mol. The van der Waals surface area contributed by atoms with Gasteiger partial charge in [0.25, 0.3) is 0 Å². The molecule has 126 valence electrons. The van der Waals surface area contributed by atoms with Crippen LogP contribution in [0.5, 0.6) is 0 Å². The van der Waals surface area contributed by atoms with E-state index in [1.165, 1.54) is 0 Å². The van der Waals surface area contributed by atoms with Gasteiger partial charge in [0.1, 0.15) is 0 Å². The highest BCUT2D eigenvalue weighted by Crippen LogP contribution is 2.24. The Kier molecular flexibility index (Phi) is 5.12. The molecule has 2 saturated heterocycles. The van der Waals surface area contributed by atoms with E-state index >= 15 is 0 Å². The van der Waals surface area contributed by atoms with Gasteiger partial charge in [0, 0.05) is 26.2 Å². The van der Waals surface area contributed by atoms with Crippen molar-refractivity contribution in [3.8, 4) is 0 Å². The van der Waals surface area contributed by atoms with Gasteiger partial charge in [0.2, 0.25) is 11.8 Å². The Morgan fingerprint density at radius 3 is 2.59 bits per heavy atom. The zero-order valence-corrected chi connectivity index (χ0v) is 14.2. The van der Waals surface area contributed by atoms with Crippen LogP contribution in [-0.2, 0) is 14.3 Å². The second kappa shape index (κ2) is 6.54. The molecule has 0 bridgehead atoms. The van der Waals surface area contributed by atoms with Crippen molar-refractivity contribution in [1.29, 1.82) is 0 Å². The van der Waals surface area contributed by atoms with Crippen molar-refractivity contribution in [2.45, 2.75) is 58.3 Å². The highest BCUT2D eigenvalue weighted by Gasteiger charge is 2.37. The van der Waals surface area contributed by atoms with Crippen LogP contribution in [-0.4, -0.2) is 65.5 Å². The highest BCUT2D eigenvalue weighted by molar-refractivity contribution is 5.83. The topological polar surface area (TPSA) is 75.9 Å². The predicted molar refractivity (Wildman–Crippen MR) is 84.2 cm³/mol. The number of nitrogens with zero attached hydrogens (tertiary/aromatic N) is 2. The molecule has 0 aromatic carbocycles. The van der Waals surface area contributed by atoms with Gasteiger partial charge in [-0.05, 0) is 40.5 Å². The van der Waals surface area contributed by atoms with Gasteiger partial charge < -0.3 is 15.4 Å². The van der Waals surface area contributed by atoms with Crippen molar-refractivity contribution in [2.24, 2.45) is 11.7 Å². The van der Waals surface area contributed by atoms with E-state index in [2.05, 4.69) is 18.7 Å². The van der Waals surface area contributed by atoms with Gasteiger partial charge in [-0.2, -0.15) is 0 Å². The van der Waals surface area contributed by atoms with Crippen molar-refractivity contribution in [2.75, 3.05) is 26.2 Å². The maximum absolute atomic E-state index is 12.8. The molecule has 6 nitrogen and oxygen atoms in total. The first-order valence-corrected chi connectivity index (χ1v) is 8.19. The van der Waals surface area contributed by atoms with E-state index in [0.717, 1.165) is 32.5 Å². The lowest BCUT2D eigenvalue weighted by atomic mass is 9.96. The van der Waals surface area contributed by atoms with Crippen LogP contribution in [0, 0.1) is 5.92 Å². The first-order valence-electron chi connectivity index (χ1n) is 8.19. The van der Waals surface area contributed by atoms with E-state index in [1.54, 1.807) is 4.90 Å². The van der Waals surface area contributed by atoms with Crippen LogP contribution in [0.15, 0.2) is 0 Å². The second-order valence-corrected chi connectivity index (χ2v) is 7.32. The molecule has 0 aromatic heterocycles. The molecule has 0 spiro atoms. The Labute approximate surface area is 132 Å². The molecule has 22 heavy (non-hydrogen) atoms. The summed E-state index contributed by atoms with van der Waals surface area (Å²) < 4.78 is 5.90. The second-order valence-electron chi connectivity index (χ2n) is 7.32. The molecule has 6 heteroatoms. The minimum Gasteiger partial charge on any atom is -0.370 e. The van der Waals surface area contributed by atoms with Crippen molar-refractivity contribution < 1.29 is 14.3 Å². The standard InChI is InChI=1S/C16H29N3O3/c1-11-8-19(10-16(3,4)22-11)12(2)15(21)18-7-5-6-13(9-18)14(17)20/h11-13H,5-10H2,1-4H3,(H2,17,20). The van der Waals surface area contributed by atoms with Crippen LogP contribution in [0.4, 0.5) is 0 Å². The number of nitrogens with two attached hydrogens (primary N) is 1. The fourth-order valence-electron chi connectivity index (χ4n) is 3.63. The molecule has 0 aromatic rings. The maximum Gasteiger partial charge on any atom is 0.239 e. The summed E-state index contributed by atoms with van der Waals surface area (Å²) in [6, 6.07) is -0.197. The molecule has 0 saturated carbocycles. The Balaban J connectivity index is 2.00. The SMILES string of the molecule is CC1CN(C(C)C(=O)N2CCCC(C(N)=O)C2)CC(C)(C)O1. The Morgan fingerprint density at radius 1 is 1.32 bits per heavy atom. The largest absolute Gasteiger partial charge is 0.370 e. The quantitative estimate of drug-likeness (QED) is 0.828. The van der Waals surface area contributed by atoms with Gasteiger partial charge in [0.15, 0.2) is 0 Å². The lowest BCUT2D eigenvalue weighted by molar-refractivity contribution is -0.155. The number of hydrogen-bond acceptors (Lipinski definition) is 4. The smallest absolute Gasteiger partial charge is 0.239 e. The van der Waals surface area contributed by atoms with E-state index in [0.29, 0.717) is 6.54 Å². The van der Waals surface area contributed by atoms with E-state index in [1.807, 2.05) is 13.8 Å². The van der Waals surface area contributed by atoms with Crippen molar-refractivity contribution in [3.05, 3.63) is 0 Å². The third-order valence-corrected chi connectivity index (χ3v) is 4.64. The summed E-state index contributed by atoms with van der Waals surface area (Å²) in [6.45, 7) is 10.8. The summed E-state index contributed by atoms with van der Waals surface area (Å²) in [6.07, 6.45) is 1.74. The molecule has 3 unspecified atom stereocenters. The van der Waals surface area contributed by atoms with Crippen LogP contribution in [0.2, 0.25) is 0 Å². The Bertz CT molecular complexity index is 438. The molecule has 2 fully saturated rings. The number of amides is 2. The summed E-state index contributed by atoms with van der Waals surface area (Å²) in [5.74, 6) is -0.410. The first kappa shape index (κ1) is 17.2. The lowest BCUT2D eigenvalue weighted by Gasteiger charge is -2.45. The van der Waals surface area contributed by atoms with Gasteiger partial charge >= 0.3 is 0 Å². The number of carbonyl (C=O) groups is 2. The fourth-order valence-corrected chi connectivity index (χ4v) is 3.63. The van der Waals surface area contributed by atoms with E-state index < -0.39 is 0 Å². The molecule has 2 N–H and O–H groups in total. The number of likely N-dealkylation sites (tertiary alicyclic amines) is 1. The van der Waals surface area contributed by atoms with Crippen molar-refractivity contribution in [3.63, 3.8) is 0 Å². The molecule has 2 aliphatic heterocycles. The molecule has 2 amide bonds. The molecule has 3 atom stereocenters. The number of primary amides is 1. The molecule has 2 aliphatic rings. The third-order valence-electron chi connectivity index (χ3n) is 4.64. The van der Waals surface area contributed by atoms with Crippen LogP contribution < -0.4 is 5.73 Å². The summed E-state index contributed by atoms with van der Waals surface area (Å²) in [7, 11) is 0. The van der Waals surface area contributed by atoms with E-state index in [9.17, 15) is 9.59 Å². The molecule has 0 radical (unpaired) electrons. The number of ether oxygens (including phenoxy) is 1. The van der Waals surface area contributed by atoms with Crippen LogP contribution in [0.1, 0.15) is 40.5 Å². The molecular weight excluding hydrogens is 282 g/mol. The number of piperidine rings is 1. The lowest BCUT2D eigenvalue weighted by Crippen LogP contribution is -2.59. The number of rotatable bonds is 3. The van der Waals surface area contributed by atoms with Gasteiger partial charge in [-0.3, -0.25) is 14.5 Å². The zero-order valence-electron chi connectivity index (χ0n) is 14.2. The normalized spacial score (nSPS) is 30.8. The van der Waals surface area contributed by atoms with E-state index in [-0.39, 0.29) is 35.5 Å². The molecule has 2 heterocycles. The van der Waals surface area contributed by atoms with E-state index in [4.69, 9.17) is 10.5 Å². The molecular formula is C16H29N3O3. The zero-order chi connectivity index (χ0) is 16.5. The summed E-state index contributed by atoms with van der Waals surface area (Å²) in [4.78, 5) is 28.1. The average Bonchev–Trinajstić information content (AvgIpc) is 2.43. The average molecular weight is 311 g/mol. The Hall–Kier alpha value is -1.14. The van der Waals surface area contributed by atoms with Crippen LogP contribution in [0.3, 0.4) is 0 Å². The summed E-state index contributed by atoms with van der Waals surface area (Å²) >= 11 is 0. The van der Waals surface area contributed by atoms with Crippen LogP contribution >= 0.6 is 0 Å². The van der Waals surface area contributed by atoms with Gasteiger partial charge in [-0.15, -0.1) is 0 Å². The minimum absolute atomic E-state index is 0.0934. The van der Waals surface area contributed by atoms with Gasteiger partial charge in [-0.25, -0.2) is 0 Å². The molecule has 0 aliphatic carbocycles. The van der Waals surface area contributed by atoms with Crippen LogP contribution in [0.25, 0.3) is 0 Å². The van der Waals surface area contributed by atoms with Gasteiger partial charge in [0.05, 0.1) is 23.7 Å².